The quantitative estimate of drug-likeness (QED) is 0.283. The summed E-state index contributed by atoms with van der Waals surface area (Å²) in [5.74, 6) is 0.113. The second kappa shape index (κ2) is 22.1. The Labute approximate surface area is 170 Å². The van der Waals surface area contributed by atoms with Crippen molar-refractivity contribution >= 4 is 11.8 Å². The summed E-state index contributed by atoms with van der Waals surface area (Å²) in [5, 5.41) is 5.66. The van der Waals surface area contributed by atoms with Crippen LogP contribution in [0, 0.1) is 0 Å². The molecule has 0 atom stereocenters. The standard InChI is InChI=1S/C20H40N2O6/c1-3-5-7-19(23)22-10-12-26-14-16-28-18-17-27-15-13-25-11-8-20(24)21-9-6-4-2/h3-18H2,1-2H3,(H,21,24)(H,22,23). The van der Waals surface area contributed by atoms with Crippen LogP contribution in [0.1, 0.15) is 52.4 Å². The highest BCUT2D eigenvalue weighted by molar-refractivity contribution is 5.76. The number of ether oxygens (including phenoxy) is 4. The van der Waals surface area contributed by atoms with E-state index in [0.717, 1.165) is 32.2 Å². The minimum Gasteiger partial charge on any atom is -0.379 e. The zero-order chi connectivity index (χ0) is 20.7. The van der Waals surface area contributed by atoms with Crippen molar-refractivity contribution in [2.75, 3.05) is 65.9 Å². The predicted octanol–water partition coefficient (Wildman–Crippen LogP) is 1.67. The average molecular weight is 405 g/mol. The molecule has 0 aromatic rings. The summed E-state index contributed by atoms with van der Waals surface area (Å²) in [5.41, 5.74) is 0. The van der Waals surface area contributed by atoms with Crippen molar-refractivity contribution in [2.24, 2.45) is 0 Å². The fraction of sp³-hybridized carbons (Fsp3) is 0.900. The largest absolute Gasteiger partial charge is 0.379 e. The summed E-state index contributed by atoms with van der Waals surface area (Å²) in [6, 6.07) is 0. The molecule has 2 amide bonds. The molecular weight excluding hydrogens is 364 g/mol. The van der Waals surface area contributed by atoms with Crippen molar-refractivity contribution in [1.29, 1.82) is 0 Å². The van der Waals surface area contributed by atoms with Crippen LogP contribution >= 0.6 is 0 Å². The Bertz CT molecular complexity index is 369. The van der Waals surface area contributed by atoms with Gasteiger partial charge in [0.1, 0.15) is 0 Å². The van der Waals surface area contributed by atoms with E-state index in [4.69, 9.17) is 18.9 Å². The molecule has 0 aromatic carbocycles. The first kappa shape index (κ1) is 26.8. The number of hydrogen-bond donors (Lipinski definition) is 2. The molecule has 0 rings (SSSR count). The van der Waals surface area contributed by atoms with E-state index in [1.807, 2.05) is 0 Å². The van der Waals surface area contributed by atoms with E-state index in [-0.39, 0.29) is 11.8 Å². The van der Waals surface area contributed by atoms with Crippen LogP contribution in [0.5, 0.6) is 0 Å². The number of carbonyl (C=O) groups is 2. The van der Waals surface area contributed by atoms with E-state index >= 15 is 0 Å². The van der Waals surface area contributed by atoms with Crippen molar-refractivity contribution in [3.05, 3.63) is 0 Å². The summed E-state index contributed by atoms with van der Waals surface area (Å²) < 4.78 is 21.5. The second-order valence-electron chi connectivity index (χ2n) is 6.36. The monoisotopic (exact) mass is 404 g/mol. The Morgan fingerprint density at radius 1 is 0.571 bits per heavy atom. The molecule has 28 heavy (non-hydrogen) atoms. The minimum atomic E-state index is 0.0314. The van der Waals surface area contributed by atoms with E-state index in [9.17, 15) is 9.59 Å². The minimum absolute atomic E-state index is 0.0314. The summed E-state index contributed by atoms with van der Waals surface area (Å²) in [6.45, 7) is 9.26. The van der Waals surface area contributed by atoms with Gasteiger partial charge < -0.3 is 29.6 Å². The van der Waals surface area contributed by atoms with Crippen LogP contribution in [0.2, 0.25) is 0 Å². The van der Waals surface area contributed by atoms with E-state index in [0.29, 0.717) is 72.2 Å². The molecule has 0 fully saturated rings. The normalized spacial score (nSPS) is 10.8. The fourth-order valence-electron chi connectivity index (χ4n) is 2.11. The van der Waals surface area contributed by atoms with Gasteiger partial charge in [0, 0.05) is 25.9 Å². The highest BCUT2D eigenvalue weighted by Crippen LogP contribution is 1.92. The second-order valence-corrected chi connectivity index (χ2v) is 6.36. The lowest BCUT2D eigenvalue weighted by atomic mass is 10.2. The van der Waals surface area contributed by atoms with E-state index in [1.165, 1.54) is 0 Å². The molecule has 0 aliphatic heterocycles. The molecule has 0 aliphatic rings. The van der Waals surface area contributed by atoms with Gasteiger partial charge >= 0.3 is 0 Å². The smallest absolute Gasteiger partial charge is 0.222 e. The van der Waals surface area contributed by atoms with E-state index in [1.54, 1.807) is 0 Å². The number of carbonyl (C=O) groups excluding carboxylic acids is 2. The van der Waals surface area contributed by atoms with Crippen LogP contribution < -0.4 is 10.6 Å². The van der Waals surface area contributed by atoms with Crippen molar-refractivity contribution in [3.63, 3.8) is 0 Å². The third-order valence-electron chi connectivity index (χ3n) is 3.77. The third kappa shape index (κ3) is 21.1. The molecule has 0 saturated heterocycles. The topological polar surface area (TPSA) is 95.1 Å². The Morgan fingerprint density at radius 3 is 1.61 bits per heavy atom. The highest BCUT2D eigenvalue weighted by Gasteiger charge is 2.00. The van der Waals surface area contributed by atoms with Crippen LogP contribution in [-0.4, -0.2) is 77.8 Å². The van der Waals surface area contributed by atoms with Crippen LogP contribution in [0.3, 0.4) is 0 Å². The molecule has 0 radical (unpaired) electrons. The first-order valence-electron chi connectivity index (χ1n) is 10.5. The molecule has 0 heterocycles. The van der Waals surface area contributed by atoms with E-state index in [2.05, 4.69) is 24.5 Å². The van der Waals surface area contributed by atoms with Crippen LogP contribution in [-0.2, 0) is 28.5 Å². The fourth-order valence-corrected chi connectivity index (χ4v) is 2.11. The van der Waals surface area contributed by atoms with Gasteiger partial charge in [-0.25, -0.2) is 0 Å². The van der Waals surface area contributed by atoms with Crippen molar-refractivity contribution in [1.82, 2.24) is 10.6 Å². The molecule has 0 aliphatic carbocycles. The van der Waals surface area contributed by atoms with Gasteiger partial charge in [0.05, 0.1) is 52.9 Å². The Kier molecular flexibility index (Phi) is 21.1. The van der Waals surface area contributed by atoms with Crippen molar-refractivity contribution in [2.45, 2.75) is 52.4 Å². The maximum Gasteiger partial charge on any atom is 0.222 e. The van der Waals surface area contributed by atoms with Crippen molar-refractivity contribution < 1.29 is 28.5 Å². The maximum atomic E-state index is 11.4. The summed E-state index contributed by atoms with van der Waals surface area (Å²) in [7, 11) is 0. The lowest BCUT2D eigenvalue weighted by Crippen LogP contribution is -2.27. The molecule has 0 bridgehead atoms. The van der Waals surface area contributed by atoms with Crippen LogP contribution in [0.25, 0.3) is 0 Å². The van der Waals surface area contributed by atoms with Gasteiger partial charge in [0.25, 0.3) is 0 Å². The molecule has 0 saturated carbocycles. The van der Waals surface area contributed by atoms with Gasteiger partial charge in [-0.2, -0.15) is 0 Å². The maximum absolute atomic E-state index is 11.4. The molecule has 0 aromatic heterocycles. The highest BCUT2D eigenvalue weighted by atomic mass is 16.6. The molecule has 0 unspecified atom stereocenters. The zero-order valence-electron chi connectivity index (χ0n) is 17.8. The first-order chi connectivity index (χ1) is 13.7. The van der Waals surface area contributed by atoms with E-state index < -0.39 is 0 Å². The van der Waals surface area contributed by atoms with Gasteiger partial charge in [-0.05, 0) is 12.8 Å². The molecule has 2 N–H and O–H groups in total. The molecule has 8 nitrogen and oxygen atoms in total. The number of hydrogen-bond acceptors (Lipinski definition) is 6. The van der Waals surface area contributed by atoms with Crippen molar-refractivity contribution in [3.8, 4) is 0 Å². The Balaban J connectivity index is 3.14. The lowest BCUT2D eigenvalue weighted by molar-refractivity contribution is -0.122. The molecular formula is C20H40N2O6. The Hall–Kier alpha value is -1.22. The Morgan fingerprint density at radius 2 is 1.04 bits per heavy atom. The first-order valence-corrected chi connectivity index (χ1v) is 10.5. The molecule has 8 heteroatoms. The predicted molar refractivity (Wildman–Crippen MR) is 108 cm³/mol. The molecule has 166 valence electrons. The zero-order valence-corrected chi connectivity index (χ0v) is 17.8. The lowest BCUT2D eigenvalue weighted by Gasteiger charge is -2.08. The number of amides is 2. The summed E-state index contributed by atoms with van der Waals surface area (Å²) >= 11 is 0. The van der Waals surface area contributed by atoms with Gasteiger partial charge in [0.2, 0.25) is 11.8 Å². The molecule has 0 spiro atoms. The SMILES string of the molecule is CCCCNC(=O)CCOCCOCCOCCOCCNC(=O)CCCC. The third-order valence-corrected chi connectivity index (χ3v) is 3.77. The van der Waals surface area contributed by atoms with Gasteiger partial charge in [-0.3, -0.25) is 9.59 Å². The average Bonchev–Trinajstić information content (AvgIpc) is 2.69. The van der Waals surface area contributed by atoms with Gasteiger partial charge in [0.15, 0.2) is 0 Å². The van der Waals surface area contributed by atoms with Crippen LogP contribution in [0.4, 0.5) is 0 Å². The summed E-state index contributed by atoms with van der Waals surface area (Å²) in [4.78, 5) is 22.8. The number of unbranched alkanes of at least 4 members (excludes halogenated alkanes) is 2. The number of rotatable bonds is 21. The number of nitrogens with one attached hydrogen (secondary N) is 2. The van der Waals surface area contributed by atoms with Crippen LogP contribution in [0.15, 0.2) is 0 Å². The summed E-state index contributed by atoms with van der Waals surface area (Å²) in [6.07, 6.45) is 4.99. The van der Waals surface area contributed by atoms with Gasteiger partial charge in [-0.15, -0.1) is 0 Å². The van der Waals surface area contributed by atoms with Gasteiger partial charge in [-0.1, -0.05) is 26.7 Å².